The van der Waals surface area contributed by atoms with Crippen LogP contribution in [0.3, 0.4) is 0 Å². The van der Waals surface area contributed by atoms with Crippen LogP contribution in [0.2, 0.25) is 0 Å². The molecule has 0 N–H and O–H groups in total. The number of carbonyl (C=O) groups excluding carboxylic acids is 1. The SMILES string of the molecule is C=CC(=O)Oc1cccc(C2CCCCC2)c1. The third-order valence-electron chi connectivity index (χ3n) is 3.32. The maximum atomic E-state index is 11.1. The Kier molecular flexibility index (Phi) is 3.97. The van der Waals surface area contributed by atoms with Gasteiger partial charge in [0.05, 0.1) is 0 Å². The van der Waals surface area contributed by atoms with Crippen LogP contribution in [0.25, 0.3) is 0 Å². The Morgan fingerprint density at radius 1 is 1.29 bits per heavy atom. The van der Waals surface area contributed by atoms with Crippen molar-refractivity contribution < 1.29 is 9.53 Å². The summed E-state index contributed by atoms with van der Waals surface area (Å²) in [4.78, 5) is 11.1. The van der Waals surface area contributed by atoms with Crippen molar-refractivity contribution in [2.75, 3.05) is 0 Å². The highest BCUT2D eigenvalue weighted by atomic mass is 16.5. The fourth-order valence-corrected chi connectivity index (χ4v) is 2.43. The summed E-state index contributed by atoms with van der Waals surface area (Å²) in [5.74, 6) is 0.856. The predicted octanol–water partition coefficient (Wildman–Crippen LogP) is 3.83. The molecule has 1 fully saturated rings. The van der Waals surface area contributed by atoms with Crippen LogP contribution in [0, 0.1) is 0 Å². The molecule has 90 valence electrons. The standard InChI is InChI=1S/C15H18O2/c1-2-15(16)17-14-10-6-9-13(11-14)12-7-4-3-5-8-12/h2,6,9-12H,1,3-5,7-8H2. The van der Waals surface area contributed by atoms with E-state index in [1.54, 1.807) is 0 Å². The summed E-state index contributed by atoms with van der Waals surface area (Å²) in [5.41, 5.74) is 1.29. The molecule has 1 aromatic rings. The van der Waals surface area contributed by atoms with Gasteiger partial charge in [-0.15, -0.1) is 0 Å². The third-order valence-corrected chi connectivity index (χ3v) is 3.32. The van der Waals surface area contributed by atoms with Crippen molar-refractivity contribution in [2.45, 2.75) is 38.0 Å². The Labute approximate surface area is 102 Å². The van der Waals surface area contributed by atoms with Crippen LogP contribution in [0.15, 0.2) is 36.9 Å². The number of hydrogen-bond acceptors (Lipinski definition) is 2. The minimum absolute atomic E-state index is 0.397. The first-order valence-corrected chi connectivity index (χ1v) is 6.24. The maximum absolute atomic E-state index is 11.1. The van der Waals surface area contributed by atoms with Crippen molar-refractivity contribution in [1.82, 2.24) is 0 Å². The summed E-state index contributed by atoms with van der Waals surface area (Å²) in [7, 11) is 0. The first-order valence-electron chi connectivity index (χ1n) is 6.24. The van der Waals surface area contributed by atoms with Gasteiger partial charge in [0, 0.05) is 6.08 Å². The number of ether oxygens (including phenoxy) is 1. The minimum Gasteiger partial charge on any atom is -0.423 e. The number of hydrogen-bond donors (Lipinski definition) is 0. The first-order chi connectivity index (χ1) is 8.29. The molecule has 0 atom stereocenters. The number of rotatable bonds is 3. The molecule has 0 unspecified atom stereocenters. The zero-order valence-electron chi connectivity index (χ0n) is 10.0. The lowest BCUT2D eigenvalue weighted by atomic mass is 9.84. The van der Waals surface area contributed by atoms with Gasteiger partial charge in [-0.25, -0.2) is 4.79 Å². The Hall–Kier alpha value is -1.57. The first kappa shape index (κ1) is 11.9. The lowest BCUT2D eigenvalue weighted by Crippen LogP contribution is -2.06. The van der Waals surface area contributed by atoms with Gasteiger partial charge in [-0.05, 0) is 36.5 Å². The maximum Gasteiger partial charge on any atom is 0.335 e. The summed E-state index contributed by atoms with van der Waals surface area (Å²) in [6, 6.07) is 7.88. The molecule has 2 nitrogen and oxygen atoms in total. The zero-order valence-corrected chi connectivity index (χ0v) is 10.0. The van der Waals surface area contributed by atoms with Crippen LogP contribution in [-0.4, -0.2) is 5.97 Å². The van der Waals surface area contributed by atoms with Gasteiger partial charge >= 0.3 is 5.97 Å². The summed E-state index contributed by atoms with van der Waals surface area (Å²) in [6.07, 6.45) is 7.65. The lowest BCUT2D eigenvalue weighted by Gasteiger charge is -2.22. The number of esters is 1. The van der Waals surface area contributed by atoms with Crippen LogP contribution < -0.4 is 4.74 Å². The Balaban J connectivity index is 2.10. The monoisotopic (exact) mass is 230 g/mol. The van der Waals surface area contributed by atoms with E-state index in [0.29, 0.717) is 11.7 Å². The van der Waals surface area contributed by atoms with E-state index in [4.69, 9.17) is 4.74 Å². The molecule has 0 radical (unpaired) electrons. The summed E-state index contributed by atoms with van der Waals surface area (Å²) >= 11 is 0. The van der Waals surface area contributed by atoms with Crippen LogP contribution in [0.1, 0.15) is 43.6 Å². The second-order valence-corrected chi connectivity index (χ2v) is 4.53. The quantitative estimate of drug-likeness (QED) is 0.448. The molecule has 0 aliphatic heterocycles. The molecule has 0 spiro atoms. The molecule has 2 heteroatoms. The van der Waals surface area contributed by atoms with E-state index in [9.17, 15) is 4.79 Å². The number of carbonyl (C=O) groups is 1. The van der Waals surface area contributed by atoms with Crippen LogP contribution in [-0.2, 0) is 4.79 Å². The molecule has 0 heterocycles. The van der Waals surface area contributed by atoms with Gasteiger partial charge in [0.2, 0.25) is 0 Å². The van der Waals surface area contributed by atoms with Crippen molar-refractivity contribution in [2.24, 2.45) is 0 Å². The van der Waals surface area contributed by atoms with Crippen molar-refractivity contribution >= 4 is 5.97 Å². The molecule has 0 saturated heterocycles. The highest BCUT2D eigenvalue weighted by Gasteiger charge is 2.15. The van der Waals surface area contributed by atoms with Gasteiger partial charge in [-0.3, -0.25) is 0 Å². The molecular formula is C15H18O2. The summed E-state index contributed by atoms with van der Waals surface area (Å²) in [6.45, 7) is 3.39. The molecule has 1 aliphatic rings. The molecule has 2 rings (SSSR count). The average molecular weight is 230 g/mol. The van der Waals surface area contributed by atoms with E-state index >= 15 is 0 Å². The van der Waals surface area contributed by atoms with Crippen LogP contribution in [0.4, 0.5) is 0 Å². The van der Waals surface area contributed by atoms with Crippen molar-refractivity contribution in [1.29, 1.82) is 0 Å². The van der Waals surface area contributed by atoms with Crippen LogP contribution in [0.5, 0.6) is 5.75 Å². The van der Waals surface area contributed by atoms with E-state index in [1.807, 2.05) is 18.2 Å². The molecule has 0 aromatic heterocycles. The minimum atomic E-state index is -0.397. The van der Waals surface area contributed by atoms with Crippen molar-refractivity contribution in [3.63, 3.8) is 0 Å². The fraction of sp³-hybridized carbons (Fsp3) is 0.400. The second-order valence-electron chi connectivity index (χ2n) is 4.53. The summed E-state index contributed by atoms with van der Waals surface area (Å²) < 4.78 is 5.14. The van der Waals surface area contributed by atoms with Crippen molar-refractivity contribution in [3.8, 4) is 5.75 Å². The molecule has 1 aromatic carbocycles. The normalized spacial score (nSPS) is 16.5. The Bertz CT molecular complexity index is 403. The van der Waals surface area contributed by atoms with Gasteiger partial charge in [0.1, 0.15) is 5.75 Å². The smallest absolute Gasteiger partial charge is 0.335 e. The van der Waals surface area contributed by atoms with E-state index in [0.717, 1.165) is 0 Å². The van der Waals surface area contributed by atoms with Gasteiger partial charge in [-0.2, -0.15) is 0 Å². The predicted molar refractivity (Wildman–Crippen MR) is 68.1 cm³/mol. The van der Waals surface area contributed by atoms with Gasteiger partial charge in [0.25, 0.3) is 0 Å². The largest absolute Gasteiger partial charge is 0.423 e. The van der Waals surface area contributed by atoms with Gasteiger partial charge < -0.3 is 4.74 Å². The van der Waals surface area contributed by atoms with Gasteiger partial charge in [-0.1, -0.05) is 38.0 Å². The Morgan fingerprint density at radius 2 is 2.06 bits per heavy atom. The molecular weight excluding hydrogens is 212 g/mol. The molecule has 0 amide bonds. The number of benzene rings is 1. The molecule has 17 heavy (non-hydrogen) atoms. The van der Waals surface area contributed by atoms with Crippen molar-refractivity contribution in [3.05, 3.63) is 42.5 Å². The second kappa shape index (κ2) is 5.67. The molecule has 1 aliphatic carbocycles. The molecule has 0 bridgehead atoms. The van der Waals surface area contributed by atoms with Gasteiger partial charge in [0.15, 0.2) is 0 Å². The van der Waals surface area contributed by atoms with E-state index < -0.39 is 5.97 Å². The highest BCUT2D eigenvalue weighted by molar-refractivity contribution is 5.83. The van der Waals surface area contributed by atoms with E-state index in [2.05, 4.69) is 12.6 Å². The molecule has 1 saturated carbocycles. The van der Waals surface area contributed by atoms with Crippen LogP contribution >= 0.6 is 0 Å². The summed E-state index contributed by atoms with van der Waals surface area (Å²) in [5, 5.41) is 0. The van der Waals surface area contributed by atoms with E-state index in [-0.39, 0.29) is 0 Å². The average Bonchev–Trinajstić information content (AvgIpc) is 2.40. The van der Waals surface area contributed by atoms with E-state index in [1.165, 1.54) is 43.7 Å². The topological polar surface area (TPSA) is 26.3 Å². The third kappa shape index (κ3) is 3.19. The lowest BCUT2D eigenvalue weighted by molar-refractivity contribution is -0.128. The zero-order chi connectivity index (χ0) is 12.1. The fourth-order valence-electron chi connectivity index (χ4n) is 2.43. The Morgan fingerprint density at radius 3 is 2.76 bits per heavy atom. The highest BCUT2D eigenvalue weighted by Crippen LogP contribution is 2.33.